The van der Waals surface area contributed by atoms with E-state index in [4.69, 9.17) is 9.47 Å². The fourth-order valence-corrected chi connectivity index (χ4v) is 3.90. The molecule has 0 unspecified atom stereocenters. The van der Waals surface area contributed by atoms with Crippen LogP contribution in [0.5, 0.6) is 5.75 Å². The van der Waals surface area contributed by atoms with E-state index >= 15 is 0 Å². The average Bonchev–Trinajstić information content (AvgIpc) is 2.74. The topological polar surface area (TPSA) is 18.5 Å². The molecule has 1 aliphatic carbocycles. The molecule has 5 heteroatoms. The van der Waals surface area contributed by atoms with Crippen molar-refractivity contribution < 1.29 is 22.6 Å². The number of allylic oxidation sites excluding steroid dienone is 1. The van der Waals surface area contributed by atoms with Crippen LogP contribution in [0.1, 0.15) is 61.1 Å². The van der Waals surface area contributed by atoms with Crippen molar-refractivity contribution in [1.29, 1.82) is 0 Å². The molecule has 2 nitrogen and oxygen atoms in total. The summed E-state index contributed by atoms with van der Waals surface area (Å²) in [6.45, 7) is 6.02. The molecular formula is C25H29F3O2. The molecule has 0 amide bonds. The van der Waals surface area contributed by atoms with E-state index in [2.05, 4.69) is 6.58 Å². The highest BCUT2D eigenvalue weighted by molar-refractivity contribution is 5.33. The quantitative estimate of drug-likeness (QED) is 0.322. The molecule has 2 aromatic rings. The van der Waals surface area contributed by atoms with Gasteiger partial charge in [-0.05, 0) is 74.6 Å². The van der Waals surface area contributed by atoms with Crippen molar-refractivity contribution in [2.24, 2.45) is 0 Å². The van der Waals surface area contributed by atoms with Crippen LogP contribution in [0, 0.1) is 24.4 Å². The van der Waals surface area contributed by atoms with Gasteiger partial charge in [-0.25, -0.2) is 8.78 Å². The van der Waals surface area contributed by atoms with E-state index in [1.165, 1.54) is 12.1 Å². The van der Waals surface area contributed by atoms with Gasteiger partial charge in [-0.1, -0.05) is 24.3 Å². The minimum absolute atomic E-state index is 0.00216. The van der Waals surface area contributed by atoms with Gasteiger partial charge in [-0.2, -0.15) is 4.39 Å². The molecular weight excluding hydrogens is 389 g/mol. The first-order valence-corrected chi connectivity index (χ1v) is 10.6. The van der Waals surface area contributed by atoms with Crippen LogP contribution in [0.15, 0.2) is 43.0 Å². The lowest BCUT2D eigenvalue weighted by molar-refractivity contribution is 0.0118. The van der Waals surface area contributed by atoms with Gasteiger partial charge >= 0.3 is 0 Å². The van der Waals surface area contributed by atoms with Crippen molar-refractivity contribution >= 4 is 0 Å². The van der Waals surface area contributed by atoms with Crippen LogP contribution in [-0.2, 0) is 11.3 Å². The predicted octanol–water partition coefficient (Wildman–Crippen LogP) is 7.00. The molecule has 0 radical (unpaired) electrons. The molecule has 0 bridgehead atoms. The molecule has 0 atom stereocenters. The molecule has 2 aromatic carbocycles. The van der Waals surface area contributed by atoms with Gasteiger partial charge in [0, 0.05) is 5.56 Å². The van der Waals surface area contributed by atoms with Crippen LogP contribution in [0.3, 0.4) is 0 Å². The smallest absolute Gasteiger partial charge is 0.200 e. The lowest BCUT2D eigenvalue weighted by Crippen LogP contribution is -2.21. The molecule has 162 valence electrons. The molecule has 0 N–H and O–H groups in total. The van der Waals surface area contributed by atoms with Crippen molar-refractivity contribution in [3.8, 4) is 5.75 Å². The molecule has 1 aliphatic rings. The Balaban J connectivity index is 1.53. The number of benzene rings is 2. The SMILES string of the molecule is C=CCCCOc1ccc(C2CCC(OCc3ccc(C)cc3F)CC2)c(F)c1F. The Kier molecular flexibility index (Phi) is 7.97. The lowest BCUT2D eigenvalue weighted by Gasteiger charge is -2.29. The summed E-state index contributed by atoms with van der Waals surface area (Å²) in [6, 6.07) is 8.26. The molecule has 0 heterocycles. The Bertz CT molecular complexity index is 858. The number of aryl methyl sites for hydroxylation is 1. The first kappa shape index (κ1) is 22.4. The van der Waals surface area contributed by atoms with E-state index in [0.717, 1.165) is 24.8 Å². The third kappa shape index (κ3) is 5.66. The molecule has 1 fully saturated rings. The van der Waals surface area contributed by atoms with Crippen LogP contribution in [0.25, 0.3) is 0 Å². The number of halogens is 3. The lowest BCUT2D eigenvalue weighted by atomic mass is 9.82. The molecule has 0 spiro atoms. The third-order valence-electron chi connectivity index (χ3n) is 5.68. The zero-order valence-electron chi connectivity index (χ0n) is 17.4. The molecule has 30 heavy (non-hydrogen) atoms. The van der Waals surface area contributed by atoms with Gasteiger partial charge in [0.25, 0.3) is 0 Å². The highest BCUT2D eigenvalue weighted by Gasteiger charge is 2.27. The monoisotopic (exact) mass is 418 g/mol. The van der Waals surface area contributed by atoms with Crippen LogP contribution < -0.4 is 4.74 Å². The van der Waals surface area contributed by atoms with E-state index in [1.807, 2.05) is 13.0 Å². The summed E-state index contributed by atoms with van der Waals surface area (Å²) in [5.74, 6) is -2.09. The minimum Gasteiger partial charge on any atom is -0.490 e. The Labute approximate surface area is 176 Å². The molecule has 1 saturated carbocycles. The van der Waals surface area contributed by atoms with Gasteiger partial charge in [-0.3, -0.25) is 0 Å². The fourth-order valence-electron chi connectivity index (χ4n) is 3.90. The van der Waals surface area contributed by atoms with Gasteiger partial charge in [0.15, 0.2) is 11.6 Å². The fraction of sp³-hybridized carbons (Fsp3) is 0.440. The van der Waals surface area contributed by atoms with Gasteiger partial charge < -0.3 is 9.47 Å². The van der Waals surface area contributed by atoms with Crippen LogP contribution >= 0.6 is 0 Å². The summed E-state index contributed by atoms with van der Waals surface area (Å²) in [5, 5.41) is 0. The van der Waals surface area contributed by atoms with E-state index in [1.54, 1.807) is 18.2 Å². The standard InChI is InChI=1S/C25H29F3O2/c1-3-4-5-14-29-23-13-12-21(24(27)25(23)28)18-8-10-20(11-9-18)30-16-19-7-6-17(2)15-22(19)26/h3,6-7,12-13,15,18,20H,1,4-5,8-11,14,16H2,2H3. The maximum atomic E-state index is 14.6. The van der Waals surface area contributed by atoms with Gasteiger partial charge in [0.1, 0.15) is 5.82 Å². The number of rotatable bonds is 9. The van der Waals surface area contributed by atoms with Crippen molar-refractivity contribution in [1.82, 2.24) is 0 Å². The first-order chi connectivity index (χ1) is 14.5. The average molecular weight is 418 g/mol. The summed E-state index contributed by atoms with van der Waals surface area (Å²) in [4.78, 5) is 0. The molecule has 0 aromatic heterocycles. The Hall–Kier alpha value is -2.27. The van der Waals surface area contributed by atoms with Crippen molar-refractivity contribution in [3.05, 3.63) is 77.1 Å². The molecule has 0 aliphatic heterocycles. The number of unbranched alkanes of at least 4 members (excludes halogenated alkanes) is 1. The summed E-state index contributed by atoms with van der Waals surface area (Å²) in [7, 11) is 0. The normalized spacial score (nSPS) is 18.9. The second-order valence-electron chi connectivity index (χ2n) is 7.94. The van der Waals surface area contributed by atoms with E-state index in [9.17, 15) is 13.2 Å². The maximum Gasteiger partial charge on any atom is 0.200 e. The first-order valence-electron chi connectivity index (χ1n) is 10.6. The van der Waals surface area contributed by atoms with Crippen molar-refractivity contribution in [2.75, 3.05) is 6.61 Å². The maximum absolute atomic E-state index is 14.6. The van der Waals surface area contributed by atoms with Crippen molar-refractivity contribution in [3.63, 3.8) is 0 Å². The number of hydrogen-bond donors (Lipinski definition) is 0. The van der Waals surface area contributed by atoms with Crippen LogP contribution in [0.4, 0.5) is 13.2 Å². The summed E-state index contributed by atoms with van der Waals surface area (Å²) in [6.07, 6.45) is 6.13. The summed E-state index contributed by atoms with van der Waals surface area (Å²) < 4.78 is 54.2. The summed E-state index contributed by atoms with van der Waals surface area (Å²) >= 11 is 0. The Morgan fingerprint density at radius 1 is 1.03 bits per heavy atom. The second kappa shape index (κ2) is 10.7. The zero-order chi connectivity index (χ0) is 21.5. The predicted molar refractivity (Wildman–Crippen MR) is 112 cm³/mol. The second-order valence-corrected chi connectivity index (χ2v) is 7.94. The van der Waals surface area contributed by atoms with E-state index < -0.39 is 11.6 Å². The molecule has 0 saturated heterocycles. The largest absolute Gasteiger partial charge is 0.490 e. The van der Waals surface area contributed by atoms with Crippen molar-refractivity contribution in [2.45, 2.75) is 64.1 Å². The Morgan fingerprint density at radius 3 is 2.50 bits per heavy atom. The number of ether oxygens (including phenoxy) is 2. The number of hydrogen-bond acceptors (Lipinski definition) is 2. The Morgan fingerprint density at radius 2 is 1.80 bits per heavy atom. The third-order valence-corrected chi connectivity index (χ3v) is 5.68. The van der Waals surface area contributed by atoms with Gasteiger partial charge in [-0.15, -0.1) is 6.58 Å². The van der Waals surface area contributed by atoms with Gasteiger partial charge in [0.05, 0.1) is 19.3 Å². The van der Waals surface area contributed by atoms with Crippen LogP contribution in [0.2, 0.25) is 0 Å². The highest BCUT2D eigenvalue weighted by Crippen LogP contribution is 2.37. The van der Waals surface area contributed by atoms with Crippen LogP contribution in [-0.4, -0.2) is 12.7 Å². The van der Waals surface area contributed by atoms with E-state index in [-0.39, 0.29) is 30.2 Å². The highest BCUT2D eigenvalue weighted by atomic mass is 19.2. The summed E-state index contributed by atoms with van der Waals surface area (Å²) in [5.41, 5.74) is 1.81. The van der Waals surface area contributed by atoms with E-state index in [0.29, 0.717) is 37.0 Å². The van der Waals surface area contributed by atoms with Gasteiger partial charge in [0.2, 0.25) is 5.82 Å². The minimum atomic E-state index is -0.917. The molecule has 3 rings (SSSR count). The zero-order valence-corrected chi connectivity index (χ0v) is 17.4.